The molecule has 0 unspecified atom stereocenters. The highest BCUT2D eigenvalue weighted by Crippen LogP contribution is 2.26. The number of halogens is 1. The van der Waals surface area contributed by atoms with Gasteiger partial charge in [-0.3, -0.25) is 9.38 Å². The van der Waals surface area contributed by atoms with E-state index in [1.807, 2.05) is 13.8 Å². The second kappa shape index (κ2) is 4.88. The molecule has 0 radical (unpaired) electrons. The number of nitrogens with zero attached hydrogens (tertiary/aromatic N) is 4. The molecule has 0 atom stereocenters. The Bertz CT molecular complexity index is 754. The summed E-state index contributed by atoms with van der Waals surface area (Å²) in [4.78, 5) is 12.2. The molecule has 0 amide bonds. The topological polar surface area (TPSA) is 52.3 Å². The lowest BCUT2D eigenvalue weighted by Crippen LogP contribution is -2.08. The van der Waals surface area contributed by atoms with Gasteiger partial charge in [0.05, 0.1) is 24.2 Å². The number of aromatic nitrogens is 4. The van der Waals surface area contributed by atoms with Gasteiger partial charge >= 0.3 is 0 Å². The average Bonchev–Trinajstić information content (AvgIpc) is 2.84. The average molecular weight is 272 g/mol. The summed E-state index contributed by atoms with van der Waals surface area (Å²) in [6.45, 7) is 3.83. The van der Waals surface area contributed by atoms with Crippen molar-refractivity contribution in [2.45, 2.75) is 20.0 Å². The van der Waals surface area contributed by atoms with Crippen molar-refractivity contribution in [1.29, 1.82) is 0 Å². The van der Waals surface area contributed by atoms with Gasteiger partial charge in [0.1, 0.15) is 0 Å². The molecule has 3 heterocycles. The fourth-order valence-electron chi connectivity index (χ4n) is 1.98. The van der Waals surface area contributed by atoms with Crippen molar-refractivity contribution in [3.05, 3.63) is 42.9 Å². The van der Waals surface area contributed by atoms with Crippen LogP contribution in [0.4, 0.5) is 4.39 Å². The van der Waals surface area contributed by atoms with E-state index in [1.165, 1.54) is 6.20 Å². The summed E-state index contributed by atoms with van der Waals surface area (Å²) in [7, 11) is 0. The maximum atomic E-state index is 13.8. The number of hydrogen-bond donors (Lipinski definition) is 0. The first kappa shape index (κ1) is 12.5. The Morgan fingerprint density at radius 3 is 2.80 bits per heavy atom. The zero-order valence-electron chi connectivity index (χ0n) is 11.1. The third kappa shape index (κ3) is 2.09. The largest absolute Gasteiger partial charge is 0.472 e. The van der Waals surface area contributed by atoms with E-state index in [0.29, 0.717) is 22.8 Å². The number of imidazole rings is 1. The predicted molar refractivity (Wildman–Crippen MR) is 71.9 cm³/mol. The molecule has 0 aromatic carbocycles. The predicted octanol–water partition coefficient (Wildman–Crippen LogP) is 2.72. The summed E-state index contributed by atoms with van der Waals surface area (Å²) in [5, 5.41) is 0. The van der Waals surface area contributed by atoms with Gasteiger partial charge in [-0.2, -0.15) is 0 Å². The van der Waals surface area contributed by atoms with Crippen LogP contribution in [0.1, 0.15) is 13.8 Å². The first-order valence-corrected chi connectivity index (χ1v) is 6.25. The number of rotatable bonds is 3. The monoisotopic (exact) mass is 272 g/mol. The number of hydrogen-bond acceptors (Lipinski definition) is 4. The number of ether oxygens (including phenoxy) is 1. The molecule has 0 bridgehead atoms. The smallest absolute Gasteiger partial charge is 0.258 e. The van der Waals surface area contributed by atoms with Crippen LogP contribution in [-0.2, 0) is 0 Å². The standard InChI is InChI=1S/C14H13FN4O/c1-9(2)20-14-13-18-8-12(19(13)6-5-17-14)10-3-4-16-7-11(10)15/h3-9H,1-2H3. The van der Waals surface area contributed by atoms with E-state index < -0.39 is 5.82 Å². The van der Waals surface area contributed by atoms with Crippen LogP contribution < -0.4 is 4.74 Å². The van der Waals surface area contributed by atoms with Crippen molar-refractivity contribution in [3.63, 3.8) is 0 Å². The third-order valence-corrected chi connectivity index (χ3v) is 2.79. The maximum Gasteiger partial charge on any atom is 0.258 e. The highest BCUT2D eigenvalue weighted by Gasteiger charge is 2.14. The molecule has 0 aliphatic carbocycles. The number of fused-ring (bicyclic) bond motifs is 1. The van der Waals surface area contributed by atoms with E-state index in [1.54, 1.807) is 35.3 Å². The summed E-state index contributed by atoms with van der Waals surface area (Å²) < 4.78 is 21.2. The Kier molecular flexibility index (Phi) is 3.06. The van der Waals surface area contributed by atoms with Crippen molar-refractivity contribution >= 4 is 5.65 Å². The van der Waals surface area contributed by atoms with Gasteiger partial charge in [0.2, 0.25) is 5.65 Å². The Morgan fingerprint density at radius 1 is 1.20 bits per heavy atom. The van der Waals surface area contributed by atoms with Gasteiger partial charge in [-0.1, -0.05) is 0 Å². The Labute approximate surface area is 115 Å². The van der Waals surface area contributed by atoms with Gasteiger partial charge in [-0.05, 0) is 19.9 Å². The van der Waals surface area contributed by atoms with Crippen LogP contribution in [0.5, 0.6) is 5.88 Å². The molecule has 3 aromatic rings. The first-order chi connectivity index (χ1) is 9.66. The van der Waals surface area contributed by atoms with Crippen molar-refractivity contribution in [1.82, 2.24) is 19.4 Å². The molecule has 0 aliphatic heterocycles. The van der Waals surface area contributed by atoms with Crippen LogP contribution in [0.3, 0.4) is 0 Å². The van der Waals surface area contributed by atoms with Gasteiger partial charge in [0.25, 0.3) is 5.88 Å². The van der Waals surface area contributed by atoms with Gasteiger partial charge in [0.15, 0.2) is 5.82 Å². The van der Waals surface area contributed by atoms with E-state index in [2.05, 4.69) is 15.0 Å². The molecule has 3 rings (SSSR count). The summed E-state index contributed by atoms with van der Waals surface area (Å²) in [6.07, 6.45) is 7.65. The zero-order chi connectivity index (χ0) is 14.1. The Morgan fingerprint density at radius 2 is 2.05 bits per heavy atom. The van der Waals surface area contributed by atoms with Crippen LogP contribution in [-0.4, -0.2) is 25.5 Å². The minimum absolute atomic E-state index is 0.00786. The van der Waals surface area contributed by atoms with Gasteiger partial charge < -0.3 is 4.74 Å². The SMILES string of the molecule is CC(C)Oc1nccn2c(-c3ccncc3F)cnc12. The highest BCUT2D eigenvalue weighted by molar-refractivity contribution is 5.65. The molecule has 5 nitrogen and oxygen atoms in total. The van der Waals surface area contributed by atoms with Crippen molar-refractivity contribution in [2.24, 2.45) is 0 Å². The lowest BCUT2D eigenvalue weighted by atomic mass is 10.2. The van der Waals surface area contributed by atoms with Crippen LogP contribution >= 0.6 is 0 Å². The fourth-order valence-corrected chi connectivity index (χ4v) is 1.98. The Balaban J connectivity index is 2.18. The molecular weight excluding hydrogens is 259 g/mol. The molecule has 20 heavy (non-hydrogen) atoms. The molecule has 0 saturated carbocycles. The van der Waals surface area contributed by atoms with Gasteiger partial charge in [-0.25, -0.2) is 14.4 Å². The normalized spacial score (nSPS) is 11.2. The van der Waals surface area contributed by atoms with Crippen LogP contribution in [0, 0.1) is 5.82 Å². The molecule has 0 aliphatic rings. The second-order valence-electron chi connectivity index (χ2n) is 4.59. The van der Waals surface area contributed by atoms with Gasteiger partial charge in [-0.15, -0.1) is 0 Å². The minimum Gasteiger partial charge on any atom is -0.472 e. The van der Waals surface area contributed by atoms with Crippen LogP contribution in [0.25, 0.3) is 16.9 Å². The zero-order valence-corrected chi connectivity index (χ0v) is 11.1. The molecule has 3 aromatic heterocycles. The second-order valence-corrected chi connectivity index (χ2v) is 4.59. The summed E-state index contributed by atoms with van der Waals surface area (Å²) in [6, 6.07) is 1.61. The van der Waals surface area contributed by atoms with E-state index in [-0.39, 0.29) is 6.10 Å². The molecule has 0 saturated heterocycles. The number of pyridine rings is 1. The van der Waals surface area contributed by atoms with E-state index in [0.717, 1.165) is 0 Å². The van der Waals surface area contributed by atoms with Gasteiger partial charge in [0, 0.05) is 24.2 Å². The summed E-state index contributed by atoms with van der Waals surface area (Å²) in [5.74, 6) is 0.0423. The van der Waals surface area contributed by atoms with Crippen molar-refractivity contribution in [3.8, 4) is 17.1 Å². The van der Waals surface area contributed by atoms with E-state index >= 15 is 0 Å². The van der Waals surface area contributed by atoms with Crippen molar-refractivity contribution < 1.29 is 9.13 Å². The molecule has 102 valence electrons. The molecule has 0 N–H and O–H groups in total. The maximum absolute atomic E-state index is 13.8. The van der Waals surface area contributed by atoms with E-state index in [4.69, 9.17) is 4.74 Å². The Hall–Kier alpha value is -2.50. The third-order valence-electron chi connectivity index (χ3n) is 2.79. The fraction of sp³-hybridized carbons (Fsp3) is 0.214. The summed E-state index contributed by atoms with van der Waals surface area (Å²) >= 11 is 0. The van der Waals surface area contributed by atoms with Crippen LogP contribution in [0.15, 0.2) is 37.1 Å². The highest BCUT2D eigenvalue weighted by atomic mass is 19.1. The lowest BCUT2D eigenvalue weighted by Gasteiger charge is -2.09. The van der Waals surface area contributed by atoms with Crippen molar-refractivity contribution in [2.75, 3.05) is 0 Å². The molecule has 0 fully saturated rings. The molecule has 6 heteroatoms. The van der Waals surface area contributed by atoms with Crippen LogP contribution in [0.2, 0.25) is 0 Å². The molecule has 0 spiro atoms. The van der Waals surface area contributed by atoms with E-state index in [9.17, 15) is 4.39 Å². The lowest BCUT2D eigenvalue weighted by molar-refractivity contribution is 0.234. The molecular formula is C14H13FN4O. The quantitative estimate of drug-likeness (QED) is 0.735. The minimum atomic E-state index is -0.391. The summed E-state index contributed by atoms with van der Waals surface area (Å²) in [5.41, 5.74) is 1.64. The first-order valence-electron chi connectivity index (χ1n) is 6.25.